The molecule has 0 bridgehead atoms. The van der Waals surface area contributed by atoms with Crippen LogP contribution in [0.2, 0.25) is 5.02 Å². The van der Waals surface area contributed by atoms with Crippen molar-refractivity contribution < 1.29 is 0 Å². The summed E-state index contributed by atoms with van der Waals surface area (Å²) in [5.41, 5.74) is 8.13. The van der Waals surface area contributed by atoms with Gasteiger partial charge < -0.3 is 5.73 Å². The fourth-order valence-corrected chi connectivity index (χ4v) is 2.31. The number of halogens is 1. The third-order valence-electron chi connectivity index (χ3n) is 3.03. The lowest BCUT2D eigenvalue weighted by molar-refractivity contribution is 0.777. The number of aromatic nitrogens is 3. The summed E-state index contributed by atoms with van der Waals surface area (Å²) in [6.45, 7) is 0. The Morgan fingerprint density at radius 3 is 2.55 bits per heavy atom. The quantitative estimate of drug-likeness (QED) is 0.734. The van der Waals surface area contributed by atoms with E-state index in [2.05, 4.69) is 10.1 Å². The van der Waals surface area contributed by atoms with Crippen LogP contribution in [0.5, 0.6) is 0 Å². The number of benzene rings is 2. The fourth-order valence-electron chi connectivity index (χ4n) is 2.04. The number of aryl methyl sites for hydroxylation is 1. The first-order chi connectivity index (χ1) is 9.65. The van der Waals surface area contributed by atoms with E-state index in [4.69, 9.17) is 17.3 Å². The number of anilines is 1. The lowest BCUT2D eigenvalue weighted by atomic mass is 10.2. The molecular formula is C15H13ClN4. The van der Waals surface area contributed by atoms with E-state index in [9.17, 15) is 0 Å². The molecule has 5 heteroatoms. The van der Waals surface area contributed by atoms with E-state index in [0.29, 0.717) is 22.4 Å². The average molecular weight is 285 g/mol. The predicted octanol–water partition coefficient (Wildman–Crippen LogP) is 3.38. The maximum absolute atomic E-state index is 6.23. The van der Waals surface area contributed by atoms with Crippen LogP contribution in [0, 0.1) is 0 Å². The Morgan fingerprint density at radius 1 is 1.10 bits per heavy atom. The highest BCUT2D eigenvalue weighted by atomic mass is 35.5. The van der Waals surface area contributed by atoms with Gasteiger partial charge in [0.05, 0.1) is 5.02 Å². The van der Waals surface area contributed by atoms with Gasteiger partial charge in [-0.05, 0) is 18.2 Å². The molecule has 3 aromatic rings. The van der Waals surface area contributed by atoms with Gasteiger partial charge >= 0.3 is 0 Å². The maximum Gasteiger partial charge on any atom is 0.181 e. The van der Waals surface area contributed by atoms with Gasteiger partial charge in [0.1, 0.15) is 0 Å². The predicted molar refractivity (Wildman–Crippen MR) is 81.3 cm³/mol. The Kier molecular flexibility index (Phi) is 3.16. The molecular weight excluding hydrogens is 272 g/mol. The summed E-state index contributed by atoms with van der Waals surface area (Å²) in [7, 11) is 1.85. The number of nitrogens with two attached hydrogens (primary N) is 1. The molecule has 3 rings (SSSR count). The summed E-state index contributed by atoms with van der Waals surface area (Å²) in [6.07, 6.45) is 0. The number of nitrogens with zero attached hydrogens (tertiary/aromatic N) is 3. The molecule has 1 heterocycles. The summed E-state index contributed by atoms with van der Waals surface area (Å²) in [4.78, 5) is 4.57. The molecule has 100 valence electrons. The molecule has 0 unspecified atom stereocenters. The highest BCUT2D eigenvalue weighted by molar-refractivity contribution is 6.33. The van der Waals surface area contributed by atoms with Gasteiger partial charge in [0.2, 0.25) is 0 Å². The molecule has 0 amide bonds. The molecule has 2 N–H and O–H groups in total. The zero-order valence-electron chi connectivity index (χ0n) is 10.9. The van der Waals surface area contributed by atoms with Crippen molar-refractivity contribution in [1.29, 1.82) is 0 Å². The summed E-state index contributed by atoms with van der Waals surface area (Å²) in [5, 5.41) is 5.01. The third kappa shape index (κ3) is 2.26. The molecule has 2 aromatic carbocycles. The largest absolute Gasteiger partial charge is 0.399 e. The van der Waals surface area contributed by atoms with E-state index >= 15 is 0 Å². The van der Waals surface area contributed by atoms with E-state index in [1.807, 2.05) is 43.4 Å². The van der Waals surface area contributed by atoms with Crippen LogP contribution in [0.15, 0.2) is 48.5 Å². The van der Waals surface area contributed by atoms with Crippen LogP contribution in [0.25, 0.3) is 22.8 Å². The second-order valence-electron chi connectivity index (χ2n) is 4.49. The van der Waals surface area contributed by atoms with Crippen molar-refractivity contribution >= 4 is 17.3 Å². The van der Waals surface area contributed by atoms with E-state index in [1.54, 1.807) is 16.8 Å². The van der Waals surface area contributed by atoms with Gasteiger partial charge in [0, 0.05) is 23.9 Å². The number of hydrogen-bond donors (Lipinski definition) is 1. The standard InChI is InChI=1S/C15H13ClN4/c1-20-15(12-8-7-11(17)9-13(12)16)18-14(19-20)10-5-3-2-4-6-10/h2-9H,17H2,1H3. The van der Waals surface area contributed by atoms with Gasteiger partial charge in [-0.1, -0.05) is 41.9 Å². The summed E-state index contributed by atoms with van der Waals surface area (Å²) < 4.78 is 1.72. The molecule has 0 fully saturated rings. The van der Waals surface area contributed by atoms with Crippen molar-refractivity contribution in [1.82, 2.24) is 14.8 Å². The van der Waals surface area contributed by atoms with Crippen molar-refractivity contribution in [2.75, 3.05) is 5.73 Å². The molecule has 1 aromatic heterocycles. The van der Waals surface area contributed by atoms with Crippen LogP contribution in [0.1, 0.15) is 0 Å². The molecule has 0 saturated heterocycles. The Hall–Kier alpha value is -2.33. The van der Waals surface area contributed by atoms with Gasteiger partial charge in [-0.3, -0.25) is 0 Å². The molecule has 0 atom stereocenters. The SMILES string of the molecule is Cn1nc(-c2ccccc2)nc1-c1ccc(N)cc1Cl. The third-order valence-corrected chi connectivity index (χ3v) is 3.34. The van der Waals surface area contributed by atoms with Gasteiger partial charge in [-0.15, -0.1) is 0 Å². The number of hydrogen-bond acceptors (Lipinski definition) is 3. The van der Waals surface area contributed by atoms with Crippen molar-refractivity contribution in [2.24, 2.45) is 7.05 Å². The van der Waals surface area contributed by atoms with Crippen molar-refractivity contribution in [3.05, 3.63) is 53.6 Å². The molecule has 0 radical (unpaired) electrons. The minimum Gasteiger partial charge on any atom is -0.399 e. The normalized spacial score (nSPS) is 10.7. The molecule has 4 nitrogen and oxygen atoms in total. The number of rotatable bonds is 2. The van der Waals surface area contributed by atoms with E-state index in [0.717, 1.165) is 11.1 Å². The van der Waals surface area contributed by atoms with Crippen LogP contribution in [0.4, 0.5) is 5.69 Å². The number of nitrogen functional groups attached to an aromatic ring is 1. The van der Waals surface area contributed by atoms with Gasteiger partial charge in [0.15, 0.2) is 11.6 Å². The first kappa shape index (κ1) is 12.7. The molecule has 20 heavy (non-hydrogen) atoms. The van der Waals surface area contributed by atoms with Crippen molar-refractivity contribution in [3.8, 4) is 22.8 Å². The lowest BCUT2D eigenvalue weighted by Crippen LogP contribution is -1.95. The minimum atomic E-state index is 0.570. The summed E-state index contributed by atoms with van der Waals surface area (Å²) in [5.74, 6) is 1.39. The highest BCUT2D eigenvalue weighted by Gasteiger charge is 2.13. The zero-order valence-corrected chi connectivity index (χ0v) is 11.7. The Labute approximate surface area is 121 Å². The minimum absolute atomic E-state index is 0.570. The van der Waals surface area contributed by atoms with Gasteiger partial charge in [0.25, 0.3) is 0 Å². The zero-order chi connectivity index (χ0) is 14.1. The van der Waals surface area contributed by atoms with E-state index < -0.39 is 0 Å². The average Bonchev–Trinajstić information content (AvgIpc) is 2.82. The second-order valence-corrected chi connectivity index (χ2v) is 4.90. The topological polar surface area (TPSA) is 56.7 Å². The van der Waals surface area contributed by atoms with E-state index in [1.165, 1.54) is 0 Å². The van der Waals surface area contributed by atoms with E-state index in [-0.39, 0.29) is 0 Å². The van der Waals surface area contributed by atoms with Gasteiger partial charge in [-0.2, -0.15) is 5.10 Å². The van der Waals surface area contributed by atoms with Crippen LogP contribution >= 0.6 is 11.6 Å². The summed E-state index contributed by atoms with van der Waals surface area (Å²) >= 11 is 6.23. The first-order valence-corrected chi connectivity index (χ1v) is 6.55. The molecule has 0 spiro atoms. The molecule has 0 aliphatic rings. The summed E-state index contributed by atoms with van der Waals surface area (Å²) in [6, 6.07) is 15.2. The fraction of sp³-hybridized carbons (Fsp3) is 0.0667. The van der Waals surface area contributed by atoms with Crippen LogP contribution < -0.4 is 5.73 Å². The molecule has 0 aliphatic carbocycles. The van der Waals surface area contributed by atoms with Crippen LogP contribution in [-0.2, 0) is 7.05 Å². The second kappa shape index (κ2) is 4.98. The lowest BCUT2D eigenvalue weighted by Gasteiger charge is -2.03. The molecule has 0 aliphatic heterocycles. The first-order valence-electron chi connectivity index (χ1n) is 6.17. The maximum atomic E-state index is 6.23. The van der Waals surface area contributed by atoms with Crippen molar-refractivity contribution in [3.63, 3.8) is 0 Å². The smallest absolute Gasteiger partial charge is 0.181 e. The Bertz CT molecular complexity index is 750. The molecule has 0 saturated carbocycles. The van der Waals surface area contributed by atoms with Crippen molar-refractivity contribution in [2.45, 2.75) is 0 Å². The van der Waals surface area contributed by atoms with Gasteiger partial charge in [-0.25, -0.2) is 9.67 Å². The van der Waals surface area contributed by atoms with Crippen LogP contribution in [0.3, 0.4) is 0 Å². The Balaban J connectivity index is 2.10. The highest BCUT2D eigenvalue weighted by Crippen LogP contribution is 2.29. The monoisotopic (exact) mass is 284 g/mol. The Morgan fingerprint density at radius 2 is 1.85 bits per heavy atom. The van der Waals surface area contributed by atoms with Crippen LogP contribution in [-0.4, -0.2) is 14.8 Å².